The third-order valence-electron chi connectivity index (χ3n) is 3.12. The van der Waals surface area contributed by atoms with Crippen molar-refractivity contribution in [2.24, 2.45) is 0 Å². The number of carbonyl (C=O) groups excluding carboxylic acids is 1. The fraction of sp³-hybridized carbons (Fsp3) is 0.462. The first-order chi connectivity index (χ1) is 9.49. The Kier molecular flexibility index (Phi) is 4.39. The fourth-order valence-corrected chi connectivity index (χ4v) is 2.80. The van der Waals surface area contributed by atoms with Crippen molar-refractivity contribution in [2.45, 2.75) is 40.3 Å². The molecule has 7 heteroatoms. The first kappa shape index (κ1) is 14.5. The number of hydrogen-bond acceptors (Lipinski definition) is 5. The highest BCUT2D eigenvalue weighted by Crippen LogP contribution is 2.20. The number of urea groups is 1. The molecule has 0 radical (unpaired) electrons. The maximum absolute atomic E-state index is 11.9. The van der Waals surface area contributed by atoms with Crippen molar-refractivity contribution in [2.75, 3.05) is 0 Å². The van der Waals surface area contributed by atoms with Crippen LogP contribution < -0.4 is 10.6 Å². The summed E-state index contributed by atoms with van der Waals surface area (Å²) in [5, 5.41) is 9.60. The van der Waals surface area contributed by atoms with Gasteiger partial charge in [-0.3, -0.25) is 0 Å². The van der Waals surface area contributed by atoms with Crippen LogP contribution in [0.1, 0.15) is 40.6 Å². The summed E-state index contributed by atoms with van der Waals surface area (Å²) < 4.78 is 5.10. The third-order valence-corrected chi connectivity index (χ3v) is 4.06. The third kappa shape index (κ3) is 3.16. The molecule has 0 spiro atoms. The van der Waals surface area contributed by atoms with E-state index in [2.05, 4.69) is 20.8 Å². The van der Waals surface area contributed by atoms with Gasteiger partial charge in [0.1, 0.15) is 5.76 Å². The quantitative estimate of drug-likeness (QED) is 0.908. The highest BCUT2D eigenvalue weighted by Gasteiger charge is 2.18. The molecule has 0 bridgehead atoms. The zero-order valence-corrected chi connectivity index (χ0v) is 12.8. The minimum atomic E-state index is -0.217. The second-order valence-electron chi connectivity index (χ2n) is 4.65. The molecule has 0 unspecified atom stereocenters. The average Bonchev–Trinajstić information content (AvgIpc) is 2.93. The van der Waals surface area contributed by atoms with Gasteiger partial charge < -0.3 is 15.2 Å². The number of amides is 2. The van der Waals surface area contributed by atoms with Crippen LogP contribution in [0, 0.1) is 20.8 Å². The van der Waals surface area contributed by atoms with Crippen LogP contribution in [0.3, 0.4) is 0 Å². The summed E-state index contributed by atoms with van der Waals surface area (Å²) in [6.07, 6.45) is 0. The van der Waals surface area contributed by atoms with Gasteiger partial charge in [-0.1, -0.05) is 5.16 Å². The lowest BCUT2D eigenvalue weighted by Gasteiger charge is -2.14. The second kappa shape index (κ2) is 6.04. The summed E-state index contributed by atoms with van der Waals surface area (Å²) in [4.78, 5) is 17.1. The Labute approximate surface area is 121 Å². The SMILES string of the molecule is Cc1ncsc1CNC(=O)N[C@H](C)c1c(C)noc1C. The predicted octanol–water partition coefficient (Wildman–Crippen LogP) is 2.62. The monoisotopic (exact) mass is 294 g/mol. The molecule has 2 aromatic rings. The molecule has 2 N–H and O–H groups in total. The highest BCUT2D eigenvalue weighted by atomic mass is 32.1. The minimum Gasteiger partial charge on any atom is -0.361 e. The summed E-state index contributed by atoms with van der Waals surface area (Å²) in [6, 6.07) is -0.367. The van der Waals surface area contributed by atoms with Gasteiger partial charge in [0, 0.05) is 10.4 Å². The molecule has 0 saturated heterocycles. The van der Waals surface area contributed by atoms with Crippen molar-refractivity contribution in [3.05, 3.63) is 33.1 Å². The summed E-state index contributed by atoms with van der Waals surface area (Å²) >= 11 is 1.53. The number of nitrogens with one attached hydrogen (secondary N) is 2. The van der Waals surface area contributed by atoms with Crippen LogP contribution in [0.4, 0.5) is 4.79 Å². The van der Waals surface area contributed by atoms with Crippen LogP contribution in [-0.4, -0.2) is 16.2 Å². The lowest BCUT2D eigenvalue weighted by molar-refractivity contribution is 0.237. The zero-order chi connectivity index (χ0) is 14.7. The van der Waals surface area contributed by atoms with E-state index in [-0.39, 0.29) is 12.1 Å². The van der Waals surface area contributed by atoms with Gasteiger partial charge in [-0.05, 0) is 27.7 Å². The van der Waals surface area contributed by atoms with Crippen LogP contribution in [-0.2, 0) is 6.54 Å². The summed E-state index contributed by atoms with van der Waals surface area (Å²) in [5.41, 5.74) is 4.45. The van der Waals surface area contributed by atoms with Crippen LogP contribution >= 0.6 is 11.3 Å². The molecule has 0 aromatic carbocycles. The molecule has 0 aliphatic carbocycles. The maximum Gasteiger partial charge on any atom is 0.315 e. The van der Waals surface area contributed by atoms with E-state index in [0.29, 0.717) is 6.54 Å². The largest absolute Gasteiger partial charge is 0.361 e. The van der Waals surface area contributed by atoms with Crippen molar-refractivity contribution in [3.63, 3.8) is 0 Å². The predicted molar refractivity (Wildman–Crippen MR) is 76.6 cm³/mol. The molecule has 2 aromatic heterocycles. The first-order valence-electron chi connectivity index (χ1n) is 6.35. The zero-order valence-electron chi connectivity index (χ0n) is 12.0. The van der Waals surface area contributed by atoms with Gasteiger partial charge in [0.2, 0.25) is 0 Å². The summed E-state index contributed by atoms with van der Waals surface area (Å²) in [7, 11) is 0. The van der Waals surface area contributed by atoms with Crippen molar-refractivity contribution >= 4 is 17.4 Å². The molecule has 2 amide bonds. The molecule has 2 rings (SSSR count). The van der Waals surface area contributed by atoms with E-state index in [1.807, 2.05) is 27.7 Å². The Hall–Kier alpha value is -1.89. The Morgan fingerprint density at radius 1 is 1.40 bits per heavy atom. The van der Waals surface area contributed by atoms with E-state index in [4.69, 9.17) is 4.52 Å². The van der Waals surface area contributed by atoms with Gasteiger partial charge in [0.05, 0.1) is 29.5 Å². The van der Waals surface area contributed by atoms with Gasteiger partial charge in [0.25, 0.3) is 0 Å². The number of thiazole rings is 1. The van der Waals surface area contributed by atoms with E-state index >= 15 is 0 Å². The van der Waals surface area contributed by atoms with Crippen molar-refractivity contribution in [1.82, 2.24) is 20.8 Å². The van der Waals surface area contributed by atoms with Crippen LogP contribution in [0.5, 0.6) is 0 Å². The Bertz CT molecular complexity index is 586. The number of carbonyl (C=O) groups is 1. The number of nitrogens with zero attached hydrogens (tertiary/aromatic N) is 2. The summed E-state index contributed by atoms with van der Waals surface area (Å²) in [6.45, 7) is 8.02. The molecule has 108 valence electrons. The Morgan fingerprint density at radius 2 is 2.15 bits per heavy atom. The van der Waals surface area contributed by atoms with E-state index in [9.17, 15) is 4.79 Å². The van der Waals surface area contributed by atoms with Crippen molar-refractivity contribution in [1.29, 1.82) is 0 Å². The van der Waals surface area contributed by atoms with Gasteiger partial charge in [-0.2, -0.15) is 0 Å². The maximum atomic E-state index is 11.9. The Balaban J connectivity index is 1.90. The molecule has 1 atom stereocenters. The topological polar surface area (TPSA) is 80.0 Å². The van der Waals surface area contributed by atoms with Gasteiger partial charge >= 0.3 is 6.03 Å². The molecule has 0 aliphatic rings. The van der Waals surface area contributed by atoms with Gasteiger partial charge in [-0.25, -0.2) is 9.78 Å². The highest BCUT2D eigenvalue weighted by molar-refractivity contribution is 7.09. The molecular formula is C13H18N4O2S. The molecule has 6 nitrogen and oxygen atoms in total. The van der Waals surface area contributed by atoms with Crippen LogP contribution in [0.25, 0.3) is 0 Å². The molecule has 0 aliphatic heterocycles. The number of aromatic nitrogens is 2. The fourth-order valence-electron chi connectivity index (χ4n) is 2.08. The van der Waals surface area contributed by atoms with Gasteiger partial charge in [0.15, 0.2) is 0 Å². The lowest BCUT2D eigenvalue weighted by atomic mass is 10.1. The lowest BCUT2D eigenvalue weighted by Crippen LogP contribution is -2.36. The second-order valence-corrected chi connectivity index (χ2v) is 5.59. The minimum absolute atomic E-state index is 0.149. The molecule has 20 heavy (non-hydrogen) atoms. The van der Waals surface area contributed by atoms with E-state index in [1.54, 1.807) is 5.51 Å². The first-order valence-corrected chi connectivity index (χ1v) is 7.23. The molecule has 0 fully saturated rings. The van der Waals surface area contributed by atoms with Crippen molar-refractivity contribution in [3.8, 4) is 0 Å². The van der Waals surface area contributed by atoms with Gasteiger partial charge in [-0.15, -0.1) is 11.3 Å². The molecule has 0 saturated carbocycles. The number of hydrogen-bond donors (Lipinski definition) is 2. The number of rotatable bonds is 4. The van der Waals surface area contributed by atoms with E-state index in [1.165, 1.54) is 11.3 Å². The molecule has 2 heterocycles. The van der Waals surface area contributed by atoms with E-state index in [0.717, 1.165) is 27.6 Å². The average molecular weight is 294 g/mol. The van der Waals surface area contributed by atoms with Crippen molar-refractivity contribution < 1.29 is 9.32 Å². The number of aryl methyl sites for hydroxylation is 3. The van der Waals surface area contributed by atoms with E-state index < -0.39 is 0 Å². The standard InChI is InChI=1S/C13H18N4O2S/c1-7-11(20-6-15-7)5-14-13(18)16-8(2)12-9(3)17-19-10(12)4/h6,8H,5H2,1-4H3,(H2,14,16,18)/t8-/m1/s1. The molecular weight excluding hydrogens is 276 g/mol. The smallest absolute Gasteiger partial charge is 0.315 e. The summed E-state index contributed by atoms with van der Waals surface area (Å²) in [5.74, 6) is 0.730. The Morgan fingerprint density at radius 3 is 2.70 bits per heavy atom. The normalized spacial score (nSPS) is 12.2. The van der Waals surface area contributed by atoms with Crippen LogP contribution in [0.2, 0.25) is 0 Å². The van der Waals surface area contributed by atoms with Crippen LogP contribution in [0.15, 0.2) is 10.0 Å².